The topological polar surface area (TPSA) is 110 Å². The van der Waals surface area contributed by atoms with Crippen LogP contribution in [0.4, 0.5) is 0 Å². The van der Waals surface area contributed by atoms with E-state index in [2.05, 4.69) is 20.4 Å². The van der Waals surface area contributed by atoms with Gasteiger partial charge in [-0.25, -0.2) is 9.97 Å². The molecule has 1 aromatic carbocycles. The van der Waals surface area contributed by atoms with Gasteiger partial charge in [0.1, 0.15) is 28.4 Å². The highest BCUT2D eigenvalue weighted by Gasteiger charge is 2.56. The van der Waals surface area contributed by atoms with Gasteiger partial charge in [-0.2, -0.15) is 5.10 Å². The summed E-state index contributed by atoms with van der Waals surface area (Å²) in [5.74, 6) is 0.651. The van der Waals surface area contributed by atoms with Gasteiger partial charge in [-0.1, -0.05) is 6.07 Å². The number of halogens is 2. The number of likely N-dealkylation sites (tertiary alicyclic amines) is 1. The van der Waals surface area contributed by atoms with Gasteiger partial charge >= 0.3 is 0 Å². The zero-order chi connectivity index (χ0) is 26.6. The van der Waals surface area contributed by atoms with Crippen molar-refractivity contribution in [3.8, 4) is 0 Å². The predicted molar refractivity (Wildman–Crippen MR) is 142 cm³/mol. The molecule has 9 nitrogen and oxygen atoms in total. The van der Waals surface area contributed by atoms with Gasteiger partial charge in [-0.05, 0) is 55.4 Å². The van der Waals surface area contributed by atoms with Gasteiger partial charge in [0, 0.05) is 49.6 Å². The van der Waals surface area contributed by atoms with E-state index in [1.165, 1.54) is 6.92 Å². The van der Waals surface area contributed by atoms with Crippen molar-refractivity contribution >= 4 is 51.7 Å². The molecule has 38 heavy (non-hydrogen) atoms. The molecule has 0 spiro atoms. The van der Waals surface area contributed by atoms with Crippen molar-refractivity contribution in [3.05, 3.63) is 53.7 Å². The third kappa shape index (κ3) is 4.89. The molecular weight excluding hydrogens is 527 g/mol. The lowest BCUT2D eigenvalue weighted by Crippen LogP contribution is -2.49. The maximum Gasteiger partial charge on any atom is 0.245 e. The summed E-state index contributed by atoms with van der Waals surface area (Å²) < 4.78 is 0.827. The molecule has 0 radical (unpaired) electrons. The van der Waals surface area contributed by atoms with Crippen molar-refractivity contribution < 1.29 is 14.4 Å². The number of piperidine rings is 1. The molecular formula is C27H28Cl2N6O3. The number of nitrogens with zero attached hydrogens (tertiary/aromatic N) is 5. The van der Waals surface area contributed by atoms with E-state index in [9.17, 15) is 14.4 Å². The Morgan fingerprint density at radius 1 is 1.13 bits per heavy atom. The van der Waals surface area contributed by atoms with Crippen molar-refractivity contribution in [2.75, 3.05) is 6.54 Å². The van der Waals surface area contributed by atoms with Crippen LogP contribution in [0.15, 0.2) is 36.7 Å². The first-order chi connectivity index (χ1) is 18.2. The van der Waals surface area contributed by atoms with Gasteiger partial charge in [-0.3, -0.25) is 19.1 Å². The maximum atomic E-state index is 13.5. The summed E-state index contributed by atoms with van der Waals surface area (Å²) in [7, 11) is 0. The molecule has 3 aliphatic rings. The number of alkyl halides is 2. The van der Waals surface area contributed by atoms with E-state index in [0.29, 0.717) is 54.7 Å². The van der Waals surface area contributed by atoms with Crippen LogP contribution in [0.3, 0.4) is 0 Å². The number of rotatable bonds is 9. The van der Waals surface area contributed by atoms with Crippen LogP contribution in [0.5, 0.6) is 0 Å². The van der Waals surface area contributed by atoms with E-state index in [4.69, 9.17) is 23.2 Å². The lowest BCUT2D eigenvalue weighted by atomic mass is 10.0. The molecule has 1 unspecified atom stereocenters. The van der Waals surface area contributed by atoms with Crippen LogP contribution in [-0.2, 0) is 29.0 Å². The van der Waals surface area contributed by atoms with Crippen LogP contribution >= 0.6 is 23.2 Å². The van der Waals surface area contributed by atoms with Crippen LogP contribution in [0.25, 0.3) is 10.9 Å². The Hall–Kier alpha value is -3.04. The van der Waals surface area contributed by atoms with E-state index in [1.54, 1.807) is 28.0 Å². The highest BCUT2D eigenvalue weighted by Crippen LogP contribution is 2.53. The standard InChI is InChI=1S/C27H28Cl2N6O3/c1-15(36)25-19-9-16(4-6-23-30-7-2-8-31-23)3-5-20(19)34(33-25)14-24(37)35-21-10-17(21)11-22(35)26(38)32-13-18-12-27(18,28)29/h2-3,5,7-9,17-18,21-22H,4,6,10-14H2,1H3,(H,32,38)/t17?,18-,21-,22+/m1/s1. The van der Waals surface area contributed by atoms with Crippen molar-refractivity contribution in [2.24, 2.45) is 11.8 Å². The Kier molecular flexibility index (Phi) is 6.39. The van der Waals surface area contributed by atoms with Gasteiger partial charge in [0.05, 0.1) is 5.52 Å². The number of carbonyl (C=O) groups is 3. The summed E-state index contributed by atoms with van der Waals surface area (Å²) in [4.78, 5) is 49.2. The third-order valence-electron chi connectivity index (χ3n) is 7.86. The fraction of sp³-hybridized carbons (Fsp3) is 0.481. The number of aryl methyl sites for hydroxylation is 2. The van der Waals surface area contributed by atoms with Crippen molar-refractivity contribution in [3.63, 3.8) is 0 Å². The Bertz CT molecular complexity index is 1420. The first kappa shape index (κ1) is 25.2. The molecule has 2 saturated carbocycles. The van der Waals surface area contributed by atoms with E-state index >= 15 is 0 Å². The smallest absolute Gasteiger partial charge is 0.245 e. The fourth-order valence-corrected chi connectivity index (χ4v) is 6.10. The fourth-order valence-electron chi connectivity index (χ4n) is 5.57. The average molecular weight is 555 g/mol. The molecule has 2 aromatic heterocycles. The Morgan fingerprint density at radius 2 is 1.89 bits per heavy atom. The third-order valence-corrected chi connectivity index (χ3v) is 8.79. The summed E-state index contributed by atoms with van der Waals surface area (Å²) in [6.45, 7) is 1.84. The minimum Gasteiger partial charge on any atom is -0.354 e. The minimum atomic E-state index is -0.759. The second kappa shape index (κ2) is 9.61. The lowest BCUT2D eigenvalue weighted by Gasteiger charge is -2.27. The van der Waals surface area contributed by atoms with Crippen LogP contribution in [0.1, 0.15) is 48.1 Å². The Labute approximate surface area is 229 Å². The first-order valence-corrected chi connectivity index (χ1v) is 13.7. The Morgan fingerprint density at radius 3 is 2.61 bits per heavy atom. The second-order valence-electron chi connectivity index (χ2n) is 10.6. The van der Waals surface area contributed by atoms with Crippen LogP contribution in [-0.4, -0.2) is 65.2 Å². The molecule has 2 aliphatic carbocycles. The van der Waals surface area contributed by atoms with Crippen molar-refractivity contribution in [2.45, 2.75) is 62.0 Å². The second-order valence-corrected chi connectivity index (χ2v) is 12.1. The zero-order valence-corrected chi connectivity index (χ0v) is 22.5. The molecule has 198 valence electrons. The number of amides is 2. The predicted octanol–water partition coefficient (Wildman–Crippen LogP) is 3.11. The number of nitrogens with one attached hydrogen (secondary N) is 1. The molecule has 1 saturated heterocycles. The highest BCUT2D eigenvalue weighted by atomic mass is 35.5. The molecule has 0 bridgehead atoms. The van der Waals surface area contributed by atoms with Crippen LogP contribution in [0, 0.1) is 11.8 Å². The monoisotopic (exact) mass is 554 g/mol. The van der Waals surface area contributed by atoms with Crippen molar-refractivity contribution in [1.29, 1.82) is 0 Å². The summed E-state index contributed by atoms with van der Waals surface area (Å²) in [6, 6.07) is 7.19. The number of carbonyl (C=O) groups excluding carboxylic acids is 3. The van der Waals surface area contributed by atoms with E-state index in [0.717, 1.165) is 17.8 Å². The Balaban J connectivity index is 1.18. The van der Waals surface area contributed by atoms with Gasteiger partial charge in [0.25, 0.3) is 0 Å². The molecule has 1 aliphatic heterocycles. The SMILES string of the molecule is CC(=O)c1nn(CC(=O)N2[C@@H]3CC3C[C@H]2C(=O)NC[C@H]2CC2(Cl)Cl)c2ccc(CCc3ncccn3)cc12. The first-order valence-electron chi connectivity index (χ1n) is 12.9. The molecule has 11 heteroatoms. The van der Waals surface area contributed by atoms with Gasteiger partial charge < -0.3 is 10.2 Å². The molecule has 6 rings (SSSR count). The molecule has 3 aromatic rings. The number of Topliss-reactive ketones (excluding diaryl/α,β-unsaturated/α-hetero) is 1. The van der Waals surface area contributed by atoms with Crippen LogP contribution in [0.2, 0.25) is 0 Å². The molecule has 2 amide bonds. The minimum absolute atomic E-state index is 0.0386. The average Bonchev–Trinajstić information content (AvgIpc) is 3.69. The van der Waals surface area contributed by atoms with E-state index in [1.807, 2.05) is 18.2 Å². The van der Waals surface area contributed by atoms with E-state index < -0.39 is 10.4 Å². The van der Waals surface area contributed by atoms with Gasteiger partial charge in [0.2, 0.25) is 11.8 Å². The number of aromatic nitrogens is 4. The summed E-state index contributed by atoms with van der Waals surface area (Å²) >= 11 is 12.2. The van der Waals surface area contributed by atoms with Gasteiger partial charge in [0.15, 0.2) is 5.78 Å². The largest absolute Gasteiger partial charge is 0.354 e. The highest BCUT2D eigenvalue weighted by molar-refractivity contribution is 6.50. The lowest BCUT2D eigenvalue weighted by molar-refractivity contribution is -0.140. The maximum absolute atomic E-state index is 13.5. The quantitative estimate of drug-likeness (QED) is 0.321. The van der Waals surface area contributed by atoms with E-state index in [-0.39, 0.29) is 36.1 Å². The van der Waals surface area contributed by atoms with Crippen LogP contribution < -0.4 is 5.32 Å². The molecule has 3 fully saturated rings. The number of benzene rings is 1. The molecule has 1 N–H and O–H groups in total. The molecule has 4 atom stereocenters. The summed E-state index contributed by atoms with van der Waals surface area (Å²) in [6.07, 6.45) is 7.05. The summed E-state index contributed by atoms with van der Waals surface area (Å²) in [5.41, 5.74) is 2.08. The van der Waals surface area contributed by atoms with Crippen molar-refractivity contribution in [1.82, 2.24) is 30.0 Å². The number of hydrogen-bond donors (Lipinski definition) is 1. The normalized spacial score (nSPS) is 24.8. The number of hydrogen-bond acceptors (Lipinski definition) is 6. The summed E-state index contributed by atoms with van der Waals surface area (Å²) in [5, 5.41) is 8.16. The number of ketones is 1. The molecule has 3 heterocycles. The van der Waals surface area contributed by atoms with Gasteiger partial charge in [-0.15, -0.1) is 23.2 Å². The zero-order valence-electron chi connectivity index (χ0n) is 20.9. The number of fused-ring (bicyclic) bond motifs is 2.